The first-order valence-corrected chi connectivity index (χ1v) is 8.71. The second kappa shape index (κ2) is 7.40. The van der Waals surface area contributed by atoms with Crippen LogP contribution in [0.2, 0.25) is 0 Å². The molecule has 0 unspecified atom stereocenters. The Labute approximate surface area is 161 Å². The number of fused-ring (bicyclic) bond motifs is 1. The molecule has 0 radical (unpaired) electrons. The number of carbonyl (C=O) groups is 1. The summed E-state index contributed by atoms with van der Waals surface area (Å²) in [6.07, 6.45) is 4.27. The Balaban J connectivity index is 1.42. The molecule has 2 N–H and O–H groups in total. The number of carbonyl (C=O) groups excluding carboxylic acids is 1. The number of rotatable bonds is 4. The molecule has 0 spiro atoms. The first-order valence-electron chi connectivity index (χ1n) is 8.71. The van der Waals surface area contributed by atoms with Gasteiger partial charge in [-0.15, -0.1) is 0 Å². The smallest absolute Gasteiger partial charge is 0.417 e. The summed E-state index contributed by atoms with van der Waals surface area (Å²) >= 11 is 0. The molecule has 4 rings (SSSR count). The van der Waals surface area contributed by atoms with Gasteiger partial charge in [-0.3, -0.25) is 10.3 Å². The van der Waals surface area contributed by atoms with Crippen molar-refractivity contribution in [2.45, 2.75) is 13.8 Å². The van der Waals surface area contributed by atoms with Crippen molar-refractivity contribution < 1.29 is 14.3 Å². The van der Waals surface area contributed by atoms with Crippen molar-refractivity contribution in [3.63, 3.8) is 0 Å². The van der Waals surface area contributed by atoms with Crippen molar-refractivity contribution in [3.05, 3.63) is 72.3 Å². The van der Waals surface area contributed by atoms with Gasteiger partial charge in [0, 0.05) is 23.8 Å². The summed E-state index contributed by atoms with van der Waals surface area (Å²) < 4.78 is 11.1. The highest BCUT2D eigenvalue weighted by atomic mass is 16.6. The maximum Gasteiger partial charge on any atom is 0.417 e. The number of benzene rings is 1. The number of H-pyrrole nitrogens is 1. The third-order valence-electron chi connectivity index (χ3n) is 4.24. The minimum Gasteiger partial charge on any atom is -0.437 e. The van der Waals surface area contributed by atoms with E-state index in [1.165, 1.54) is 6.20 Å². The summed E-state index contributed by atoms with van der Waals surface area (Å²) in [4.78, 5) is 23.7. The molecule has 0 saturated carbocycles. The molecule has 7 heteroatoms. The highest BCUT2D eigenvalue weighted by Crippen LogP contribution is 2.28. The molecule has 140 valence electrons. The standard InChI is InChI=1S/C21H18N4O3/c1-13-5-3-6-16-18(12-24-20(13)16)28-21(26)25-15-8-9-19(23-11-15)27-17-7-4-10-22-14(17)2/h3-12,24H,1-2H3,(H,25,26). The lowest BCUT2D eigenvalue weighted by Gasteiger charge is -2.08. The number of para-hydroxylation sites is 1. The molecule has 3 heterocycles. The Hall–Kier alpha value is -3.87. The number of anilines is 1. The third-order valence-corrected chi connectivity index (χ3v) is 4.24. The number of hydrogen-bond donors (Lipinski definition) is 2. The lowest BCUT2D eigenvalue weighted by atomic mass is 10.2. The number of amides is 1. The summed E-state index contributed by atoms with van der Waals surface area (Å²) in [6.45, 7) is 3.85. The number of nitrogens with one attached hydrogen (secondary N) is 2. The van der Waals surface area contributed by atoms with Gasteiger partial charge in [-0.05, 0) is 43.7 Å². The van der Waals surface area contributed by atoms with Crippen LogP contribution in [0.4, 0.5) is 10.5 Å². The lowest BCUT2D eigenvalue weighted by molar-refractivity contribution is 0.215. The van der Waals surface area contributed by atoms with Crippen LogP contribution in [0.15, 0.2) is 61.1 Å². The van der Waals surface area contributed by atoms with Crippen LogP contribution in [0.1, 0.15) is 11.3 Å². The average Bonchev–Trinajstić information content (AvgIpc) is 3.09. The van der Waals surface area contributed by atoms with Crippen molar-refractivity contribution in [2.24, 2.45) is 0 Å². The van der Waals surface area contributed by atoms with E-state index in [0.717, 1.165) is 22.2 Å². The third kappa shape index (κ3) is 3.64. The quantitative estimate of drug-likeness (QED) is 0.526. The molecular weight excluding hydrogens is 356 g/mol. The minimum absolute atomic E-state index is 0.405. The van der Waals surface area contributed by atoms with Crippen LogP contribution in [0.5, 0.6) is 17.4 Å². The van der Waals surface area contributed by atoms with Gasteiger partial charge < -0.3 is 14.5 Å². The number of hydrogen-bond acceptors (Lipinski definition) is 5. The molecule has 0 aliphatic carbocycles. The summed E-state index contributed by atoms with van der Waals surface area (Å²) in [5.74, 6) is 1.50. The molecule has 28 heavy (non-hydrogen) atoms. The van der Waals surface area contributed by atoms with Crippen molar-refractivity contribution in [1.82, 2.24) is 15.0 Å². The van der Waals surface area contributed by atoms with Gasteiger partial charge in [-0.1, -0.05) is 12.1 Å². The fraction of sp³-hybridized carbons (Fsp3) is 0.0952. The van der Waals surface area contributed by atoms with Gasteiger partial charge in [0.05, 0.1) is 23.1 Å². The van der Waals surface area contributed by atoms with E-state index in [4.69, 9.17) is 9.47 Å². The van der Waals surface area contributed by atoms with E-state index in [2.05, 4.69) is 20.3 Å². The first kappa shape index (κ1) is 17.5. The molecule has 0 saturated heterocycles. The first-order chi connectivity index (χ1) is 13.6. The number of aryl methyl sites for hydroxylation is 2. The van der Waals surface area contributed by atoms with Crippen LogP contribution in [0.3, 0.4) is 0 Å². The summed E-state index contributed by atoms with van der Waals surface area (Å²) in [6, 6.07) is 12.8. The maximum atomic E-state index is 12.2. The van der Waals surface area contributed by atoms with Crippen molar-refractivity contribution in [1.29, 1.82) is 0 Å². The van der Waals surface area contributed by atoms with Crippen LogP contribution in [-0.4, -0.2) is 21.0 Å². The van der Waals surface area contributed by atoms with E-state index >= 15 is 0 Å². The number of pyridine rings is 2. The molecule has 7 nitrogen and oxygen atoms in total. The number of nitrogens with zero attached hydrogens (tertiary/aromatic N) is 2. The molecule has 3 aromatic heterocycles. The van der Waals surface area contributed by atoms with Gasteiger partial charge in [0.15, 0.2) is 11.5 Å². The predicted octanol–water partition coefficient (Wildman–Crippen LogP) is 4.98. The number of aromatic amines is 1. The van der Waals surface area contributed by atoms with Crippen molar-refractivity contribution in [2.75, 3.05) is 5.32 Å². The second-order valence-electron chi connectivity index (χ2n) is 6.24. The van der Waals surface area contributed by atoms with Crippen LogP contribution in [-0.2, 0) is 0 Å². The Morgan fingerprint density at radius 2 is 1.93 bits per heavy atom. The highest BCUT2D eigenvalue weighted by Gasteiger charge is 2.11. The van der Waals surface area contributed by atoms with E-state index in [1.807, 2.05) is 38.1 Å². The molecule has 1 aromatic carbocycles. The summed E-state index contributed by atoms with van der Waals surface area (Å²) in [5, 5.41) is 3.51. The zero-order valence-corrected chi connectivity index (χ0v) is 15.4. The molecule has 0 aliphatic heterocycles. The van der Waals surface area contributed by atoms with E-state index in [0.29, 0.717) is 23.1 Å². The van der Waals surface area contributed by atoms with Gasteiger partial charge in [-0.2, -0.15) is 0 Å². The lowest BCUT2D eigenvalue weighted by Crippen LogP contribution is -2.16. The molecule has 1 amide bonds. The van der Waals surface area contributed by atoms with Crippen molar-refractivity contribution in [3.8, 4) is 17.4 Å². The fourth-order valence-corrected chi connectivity index (χ4v) is 2.81. The molecule has 0 atom stereocenters. The molecule has 4 aromatic rings. The zero-order valence-electron chi connectivity index (χ0n) is 15.4. The predicted molar refractivity (Wildman–Crippen MR) is 106 cm³/mol. The Morgan fingerprint density at radius 1 is 1.04 bits per heavy atom. The van der Waals surface area contributed by atoms with Crippen LogP contribution < -0.4 is 14.8 Å². The van der Waals surface area contributed by atoms with Gasteiger partial charge in [0.2, 0.25) is 5.88 Å². The Bertz CT molecular complexity index is 1140. The summed E-state index contributed by atoms with van der Waals surface area (Å²) in [7, 11) is 0. The van der Waals surface area contributed by atoms with Gasteiger partial charge >= 0.3 is 6.09 Å². The number of ether oxygens (including phenoxy) is 2. The van der Waals surface area contributed by atoms with Gasteiger partial charge in [-0.25, -0.2) is 9.78 Å². The Morgan fingerprint density at radius 3 is 2.71 bits per heavy atom. The van der Waals surface area contributed by atoms with E-state index in [9.17, 15) is 4.79 Å². The monoisotopic (exact) mass is 374 g/mol. The average molecular weight is 374 g/mol. The van der Waals surface area contributed by atoms with Crippen molar-refractivity contribution >= 4 is 22.7 Å². The van der Waals surface area contributed by atoms with E-state index < -0.39 is 6.09 Å². The topological polar surface area (TPSA) is 89.1 Å². The summed E-state index contributed by atoms with van der Waals surface area (Å²) in [5.41, 5.74) is 3.29. The van der Waals surface area contributed by atoms with E-state index in [1.54, 1.807) is 30.6 Å². The zero-order chi connectivity index (χ0) is 19.5. The Kier molecular flexibility index (Phi) is 4.63. The fourth-order valence-electron chi connectivity index (χ4n) is 2.81. The van der Waals surface area contributed by atoms with Crippen LogP contribution in [0, 0.1) is 13.8 Å². The second-order valence-corrected chi connectivity index (χ2v) is 6.24. The molecule has 0 fully saturated rings. The number of aromatic nitrogens is 3. The molecule has 0 bridgehead atoms. The minimum atomic E-state index is -0.596. The normalized spacial score (nSPS) is 10.6. The maximum absolute atomic E-state index is 12.2. The molecular formula is C21H18N4O3. The van der Waals surface area contributed by atoms with Crippen LogP contribution >= 0.6 is 0 Å². The van der Waals surface area contributed by atoms with Gasteiger partial charge in [0.1, 0.15) is 0 Å². The molecule has 0 aliphatic rings. The van der Waals surface area contributed by atoms with Gasteiger partial charge in [0.25, 0.3) is 0 Å². The van der Waals surface area contributed by atoms with Crippen LogP contribution in [0.25, 0.3) is 10.9 Å². The SMILES string of the molecule is Cc1ncccc1Oc1ccc(NC(=O)Oc2c[nH]c3c(C)cccc23)cn1. The highest BCUT2D eigenvalue weighted by molar-refractivity contribution is 5.93. The van der Waals surface area contributed by atoms with E-state index in [-0.39, 0.29) is 0 Å². The largest absolute Gasteiger partial charge is 0.437 e.